The average molecular weight is 269 g/mol. The van der Waals surface area contributed by atoms with Crippen LogP contribution in [0.2, 0.25) is 0 Å². The summed E-state index contributed by atoms with van der Waals surface area (Å²) >= 11 is 1.65. The molecule has 0 amide bonds. The molecule has 2 heterocycles. The van der Waals surface area contributed by atoms with Crippen molar-refractivity contribution in [3.8, 4) is 0 Å². The van der Waals surface area contributed by atoms with Gasteiger partial charge in [-0.25, -0.2) is 9.97 Å². The molecule has 0 spiro atoms. The first kappa shape index (κ1) is 12.1. The Balaban J connectivity index is 1.93. The minimum atomic E-state index is -0.219. The summed E-state index contributed by atoms with van der Waals surface area (Å²) in [6.45, 7) is 4.23. The van der Waals surface area contributed by atoms with Crippen LogP contribution in [0.3, 0.4) is 0 Å². The molecule has 0 saturated carbocycles. The lowest BCUT2D eigenvalue weighted by Gasteiger charge is -2.24. The van der Waals surface area contributed by atoms with Crippen LogP contribution >= 0.6 is 11.3 Å². The van der Waals surface area contributed by atoms with Crippen molar-refractivity contribution >= 4 is 28.1 Å². The molecule has 0 aliphatic carbocycles. The Morgan fingerprint density at radius 3 is 2.74 bits per heavy atom. The van der Waals surface area contributed by atoms with Crippen LogP contribution in [-0.4, -0.2) is 9.97 Å². The monoisotopic (exact) mass is 269 g/mol. The number of nitrogens with one attached hydrogen (secondary N) is 1. The summed E-state index contributed by atoms with van der Waals surface area (Å²) in [7, 11) is 0. The van der Waals surface area contributed by atoms with Crippen molar-refractivity contribution in [3.05, 3.63) is 53.0 Å². The second-order valence-electron chi connectivity index (χ2n) is 4.98. The number of anilines is 1. The number of benzene rings is 1. The van der Waals surface area contributed by atoms with E-state index in [4.69, 9.17) is 0 Å². The van der Waals surface area contributed by atoms with Crippen molar-refractivity contribution in [1.82, 2.24) is 9.97 Å². The molecule has 0 bridgehead atoms. The summed E-state index contributed by atoms with van der Waals surface area (Å²) in [5.74, 6) is 0.874. The smallest absolute Gasteiger partial charge is 0.127 e. The molecule has 4 heteroatoms. The van der Waals surface area contributed by atoms with Crippen LogP contribution in [0.4, 0.5) is 5.82 Å². The molecule has 0 aliphatic heterocycles. The maximum absolute atomic E-state index is 4.64. The standard InChI is InChI=1S/C15H15N3S/c1-15(2,14-16-9-10-19-14)18-13-8-7-11-5-3-4-6-12(11)17-13/h3-10H,1-2H3,(H,17,18). The summed E-state index contributed by atoms with van der Waals surface area (Å²) in [5.41, 5.74) is 0.784. The number of hydrogen-bond donors (Lipinski definition) is 1. The zero-order valence-electron chi connectivity index (χ0n) is 10.9. The van der Waals surface area contributed by atoms with Gasteiger partial charge in [0.05, 0.1) is 11.1 Å². The van der Waals surface area contributed by atoms with E-state index in [1.807, 2.05) is 35.8 Å². The molecule has 96 valence electrons. The molecular formula is C15H15N3S. The summed E-state index contributed by atoms with van der Waals surface area (Å²) in [4.78, 5) is 9.01. The molecule has 3 nitrogen and oxygen atoms in total. The van der Waals surface area contributed by atoms with E-state index in [1.165, 1.54) is 0 Å². The van der Waals surface area contributed by atoms with Crippen molar-refractivity contribution in [3.63, 3.8) is 0 Å². The SMILES string of the molecule is CC(C)(Nc1ccc2ccccc2n1)c1nccs1. The largest absolute Gasteiger partial charge is 0.359 e. The highest BCUT2D eigenvalue weighted by Crippen LogP contribution is 2.27. The van der Waals surface area contributed by atoms with E-state index >= 15 is 0 Å². The van der Waals surface area contributed by atoms with Crippen molar-refractivity contribution in [2.45, 2.75) is 19.4 Å². The molecule has 1 N–H and O–H groups in total. The zero-order chi connectivity index (χ0) is 13.3. The van der Waals surface area contributed by atoms with Gasteiger partial charge in [0, 0.05) is 17.0 Å². The fraction of sp³-hybridized carbons (Fsp3) is 0.200. The summed E-state index contributed by atoms with van der Waals surface area (Å²) in [5, 5.41) is 7.65. The number of rotatable bonds is 3. The van der Waals surface area contributed by atoms with Crippen LogP contribution in [0.15, 0.2) is 48.0 Å². The average Bonchev–Trinajstić information content (AvgIpc) is 2.93. The Bertz CT molecular complexity index is 689. The van der Waals surface area contributed by atoms with E-state index in [0.717, 1.165) is 21.7 Å². The number of para-hydroxylation sites is 1. The van der Waals surface area contributed by atoms with Crippen LogP contribution < -0.4 is 5.32 Å². The Morgan fingerprint density at radius 2 is 1.95 bits per heavy atom. The zero-order valence-corrected chi connectivity index (χ0v) is 11.7. The highest BCUT2D eigenvalue weighted by Gasteiger charge is 2.23. The Hall–Kier alpha value is -1.94. The van der Waals surface area contributed by atoms with Gasteiger partial charge in [-0.05, 0) is 32.0 Å². The Labute approximate surface area is 116 Å². The second kappa shape index (κ2) is 4.63. The summed E-state index contributed by atoms with van der Waals surface area (Å²) < 4.78 is 0. The maximum Gasteiger partial charge on any atom is 0.127 e. The third-order valence-corrected chi connectivity index (χ3v) is 4.10. The van der Waals surface area contributed by atoms with Gasteiger partial charge in [0.2, 0.25) is 0 Å². The lowest BCUT2D eigenvalue weighted by atomic mass is 10.1. The van der Waals surface area contributed by atoms with Gasteiger partial charge < -0.3 is 5.32 Å². The van der Waals surface area contributed by atoms with Gasteiger partial charge in [-0.15, -0.1) is 11.3 Å². The number of aromatic nitrogens is 2. The molecule has 0 saturated heterocycles. The first-order chi connectivity index (χ1) is 9.15. The lowest BCUT2D eigenvalue weighted by Crippen LogP contribution is -2.28. The van der Waals surface area contributed by atoms with E-state index in [2.05, 4.69) is 41.3 Å². The second-order valence-corrected chi connectivity index (χ2v) is 5.87. The molecule has 3 aromatic rings. The molecule has 0 aliphatic rings. The predicted molar refractivity (Wildman–Crippen MR) is 80.5 cm³/mol. The van der Waals surface area contributed by atoms with Gasteiger partial charge >= 0.3 is 0 Å². The van der Waals surface area contributed by atoms with E-state index in [9.17, 15) is 0 Å². The molecule has 19 heavy (non-hydrogen) atoms. The fourth-order valence-corrected chi connectivity index (χ4v) is 2.76. The molecule has 2 aromatic heterocycles. The molecule has 1 aromatic carbocycles. The summed E-state index contributed by atoms with van der Waals surface area (Å²) in [6, 6.07) is 12.2. The Kier molecular flexibility index (Phi) is 2.95. The van der Waals surface area contributed by atoms with Crippen LogP contribution in [0.25, 0.3) is 10.9 Å². The van der Waals surface area contributed by atoms with E-state index < -0.39 is 0 Å². The number of hydrogen-bond acceptors (Lipinski definition) is 4. The minimum absolute atomic E-state index is 0.219. The fourth-order valence-electron chi connectivity index (χ4n) is 2.04. The quantitative estimate of drug-likeness (QED) is 0.779. The van der Waals surface area contributed by atoms with Gasteiger partial charge in [-0.1, -0.05) is 18.2 Å². The first-order valence-corrected chi connectivity index (χ1v) is 7.07. The van der Waals surface area contributed by atoms with Crippen LogP contribution in [-0.2, 0) is 5.54 Å². The van der Waals surface area contributed by atoms with E-state index in [-0.39, 0.29) is 5.54 Å². The topological polar surface area (TPSA) is 37.8 Å². The number of nitrogens with zero attached hydrogens (tertiary/aromatic N) is 2. The van der Waals surface area contributed by atoms with Crippen molar-refractivity contribution in [1.29, 1.82) is 0 Å². The van der Waals surface area contributed by atoms with E-state index in [0.29, 0.717) is 0 Å². The highest BCUT2D eigenvalue weighted by atomic mass is 32.1. The number of thiazole rings is 1. The van der Waals surface area contributed by atoms with Gasteiger partial charge in [-0.3, -0.25) is 0 Å². The molecular weight excluding hydrogens is 254 g/mol. The predicted octanol–water partition coefficient (Wildman–Crippen LogP) is 4.04. The number of fused-ring (bicyclic) bond motifs is 1. The highest BCUT2D eigenvalue weighted by molar-refractivity contribution is 7.09. The molecule has 3 rings (SSSR count). The maximum atomic E-state index is 4.64. The van der Waals surface area contributed by atoms with E-state index in [1.54, 1.807) is 11.3 Å². The van der Waals surface area contributed by atoms with Crippen molar-refractivity contribution in [2.24, 2.45) is 0 Å². The van der Waals surface area contributed by atoms with Gasteiger partial charge in [0.25, 0.3) is 0 Å². The van der Waals surface area contributed by atoms with Crippen LogP contribution in [0.1, 0.15) is 18.9 Å². The number of pyridine rings is 1. The molecule has 0 unspecified atom stereocenters. The van der Waals surface area contributed by atoms with Gasteiger partial charge in [0.15, 0.2) is 0 Å². The molecule has 0 fully saturated rings. The van der Waals surface area contributed by atoms with Crippen molar-refractivity contribution in [2.75, 3.05) is 5.32 Å². The van der Waals surface area contributed by atoms with Crippen LogP contribution in [0, 0.1) is 0 Å². The van der Waals surface area contributed by atoms with Gasteiger partial charge in [-0.2, -0.15) is 0 Å². The van der Waals surface area contributed by atoms with Crippen LogP contribution in [0.5, 0.6) is 0 Å². The van der Waals surface area contributed by atoms with Crippen molar-refractivity contribution < 1.29 is 0 Å². The Morgan fingerprint density at radius 1 is 1.11 bits per heavy atom. The third-order valence-electron chi connectivity index (χ3n) is 3.01. The third kappa shape index (κ3) is 2.44. The molecule has 0 atom stereocenters. The summed E-state index contributed by atoms with van der Waals surface area (Å²) in [6.07, 6.45) is 1.83. The lowest BCUT2D eigenvalue weighted by molar-refractivity contribution is 0.601. The van der Waals surface area contributed by atoms with Gasteiger partial charge in [0.1, 0.15) is 10.8 Å². The minimum Gasteiger partial charge on any atom is -0.359 e. The first-order valence-electron chi connectivity index (χ1n) is 6.19. The normalized spacial score (nSPS) is 11.7. The molecule has 0 radical (unpaired) electrons.